The van der Waals surface area contributed by atoms with Crippen LogP contribution >= 0.6 is 0 Å². The molecule has 11 heteroatoms. The number of pyridine rings is 1. The van der Waals surface area contributed by atoms with Crippen molar-refractivity contribution in [1.29, 1.82) is 0 Å². The summed E-state index contributed by atoms with van der Waals surface area (Å²) in [4.78, 5) is 7.77. The van der Waals surface area contributed by atoms with Crippen molar-refractivity contribution in [3.05, 3.63) is 36.3 Å². The van der Waals surface area contributed by atoms with E-state index in [2.05, 4.69) is 20.2 Å². The maximum atomic E-state index is 14.1. The first-order chi connectivity index (χ1) is 12.3. The van der Waals surface area contributed by atoms with Crippen molar-refractivity contribution >= 4 is 5.65 Å². The van der Waals surface area contributed by atoms with Gasteiger partial charge in [0.25, 0.3) is 12.3 Å². The van der Waals surface area contributed by atoms with Crippen LogP contribution < -0.4 is 4.74 Å². The molecule has 3 aromatic rings. The average molecular weight is 371 g/mol. The Kier molecular flexibility index (Phi) is 3.74. The number of nitrogens with zero attached hydrogens (tertiary/aromatic N) is 5. The van der Waals surface area contributed by atoms with Crippen molar-refractivity contribution in [2.24, 2.45) is 5.92 Å². The van der Waals surface area contributed by atoms with E-state index < -0.39 is 35.8 Å². The van der Waals surface area contributed by atoms with Crippen LogP contribution in [0.15, 0.2) is 24.7 Å². The van der Waals surface area contributed by atoms with Gasteiger partial charge in [-0.25, -0.2) is 26.9 Å². The SMILES string of the molecule is Fc1cc(-c2cn3c(C(F)F)nnc3cn2)cnc1OC[C@@H]1CC1(F)F. The van der Waals surface area contributed by atoms with Crippen molar-refractivity contribution in [1.82, 2.24) is 24.6 Å². The molecule has 0 unspecified atom stereocenters. The molecule has 6 nitrogen and oxygen atoms in total. The summed E-state index contributed by atoms with van der Waals surface area (Å²) < 4.78 is 71.6. The number of alkyl halides is 4. The highest BCUT2D eigenvalue weighted by molar-refractivity contribution is 5.59. The zero-order valence-corrected chi connectivity index (χ0v) is 12.9. The average Bonchev–Trinajstić information content (AvgIpc) is 3.02. The molecular formula is C15H10F5N5O. The predicted octanol–water partition coefficient (Wildman–Crippen LogP) is 3.30. The topological polar surface area (TPSA) is 65.2 Å². The minimum absolute atomic E-state index is 0.114. The molecule has 1 fully saturated rings. The summed E-state index contributed by atoms with van der Waals surface area (Å²) >= 11 is 0. The third-order valence-corrected chi connectivity index (χ3v) is 3.99. The lowest BCUT2D eigenvalue weighted by Gasteiger charge is -2.07. The Morgan fingerprint density at radius 1 is 1.23 bits per heavy atom. The second-order valence-corrected chi connectivity index (χ2v) is 5.84. The Morgan fingerprint density at radius 2 is 2.00 bits per heavy atom. The minimum Gasteiger partial charge on any atom is -0.475 e. The third-order valence-electron chi connectivity index (χ3n) is 3.99. The van der Waals surface area contributed by atoms with Crippen LogP contribution in [-0.2, 0) is 0 Å². The quantitative estimate of drug-likeness (QED) is 0.644. The number of halogens is 5. The lowest BCUT2D eigenvalue weighted by Crippen LogP contribution is -2.07. The fourth-order valence-electron chi connectivity index (χ4n) is 2.42. The minimum atomic E-state index is -2.84. The molecule has 3 heterocycles. The highest BCUT2D eigenvalue weighted by Gasteiger charge is 2.57. The van der Waals surface area contributed by atoms with Gasteiger partial charge in [-0.15, -0.1) is 10.2 Å². The van der Waals surface area contributed by atoms with Gasteiger partial charge in [0.2, 0.25) is 11.7 Å². The summed E-state index contributed by atoms with van der Waals surface area (Å²) in [6.45, 7) is -0.334. The molecule has 0 radical (unpaired) electrons. The standard InChI is InChI=1S/C15H10F5N5O/c16-9-1-7(3-22-14(9)26-6-8-2-15(8,19)20)10-5-25-11(4-21-10)23-24-13(25)12(17)18/h1,3-5,8,12H,2,6H2/t8-/m0/s1. The highest BCUT2D eigenvalue weighted by Crippen LogP contribution is 2.48. The summed E-state index contributed by atoms with van der Waals surface area (Å²) in [5, 5.41) is 6.94. The Labute approximate surface area is 142 Å². The lowest BCUT2D eigenvalue weighted by molar-refractivity contribution is 0.0842. The normalized spacial score (nSPS) is 18.5. The van der Waals surface area contributed by atoms with Gasteiger partial charge in [-0.2, -0.15) is 0 Å². The van der Waals surface area contributed by atoms with E-state index in [0.29, 0.717) is 0 Å². The van der Waals surface area contributed by atoms with Crippen LogP contribution in [0.4, 0.5) is 22.0 Å². The van der Waals surface area contributed by atoms with Crippen molar-refractivity contribution in [3.8, 4) is 17.1 Å². The monoisotopic (exact) mass is 371 g/mol. The van der Waals surface area contributed by atoms with Crippen molar-refractivity contribution in [2.45, 2.75) is 18.8 Å². The summed E-state index contributed by atoms with van der Waals surface area (Å²) in [7, 11) is 0. The van der Waals surface area contributed by atoms with Gasteiger partial charge < -0.3 is 4.74 Å². The zero-order chi connectivity index (χ0) is 18.5. The van der Waals surface area contributed by atoms with E-state index in [4.69, 9.17) is 4.74 Å². The van der Waals surface area contributed by atoms with Crippen LogP contribution in [-0.4, -0.2) is 37.1 Å². The molecule has 1 aliphatic rings. The van der Waals surface area contributed by atoms with Gasteiger partial charge in [0.1, 0.15) is 0 Å². The number of rotatable bonds is 5. The van der Waals surface area contributed by atoms with Crippen molar-refractivity contribution < 1.29 is 26.7 Å². The number of aromatic nitrogens is 5. The molecule has 0 N–H and O–H groups in total. The van der Waals surface area contributed by atoms with Crippen LogP contribution in [0.5, 0.6) is 5.88 Å². The Hall–Kier alpha value is -2.85. The molecule has 0 amide bonds. The van der Waals surface area contributed by atoms with E-state index in [1.54, 1.807) is 0 Å². The second kappa shape index (κ2) is 5.85. The van der Waals surface area contributed by atoms with Crippen LogP contribution in [0.2, 0.25) is 0 Å². The van der Waals surface area contributed by atoms with Crippen LogP contribution in [0.1, 0.15) is 18.7 Å². The molecule has 0 aliphatic heterocycles. The van der Waals surface area contributed by atoms with E-state index in [0.717, 1.165) is 10.5 Å². The zero-order valence-electron chi connectivity index (χ0n) is 12.9. The van der Waals surface area contributed by atoms with E-state index in [1.165, 1.54) is 18.6 Å². The molecule has 136 valence electrons. The molecule has 0 saturated heterocycles. The first kappa shape index (κ1) is 16.6. The number of hydrogen-bond acceptors (Lipinski definition) is 5. The maximum absolute atomic E-state index is 14.1. The third kappa shape index (κ3) is 2.93. The van der Waals surface area contributed by atoms with Crippen molar-refractivity contribution in [2.75, 3.05) is 6.61 Å². The summed E-state index contributed by atoms with van der Waals surface area (Å²) in [6, 6.07) is 1.04. The molecule has 0 aromatic carbocycles. The summed E-state index contributed by atoms with van der Waals surface area (Å²) in [6.07, 6.45) is 0.530. The Bertz CT molecular complexity index is 976. The molecule has 1 saturated carbocycles. The number of hydrogen-bond donors (Lipinski definition) is 0. The van der Waals surface area contributed by atoms with Crippen LogP contribution in [0.3, 0.4) is 0 Å². The van der Waals surface area contributed by atoms with Gasteiger partial charge in [-0.05, 0) is 6.07 Å². The van der Waals surface area contributed by atoms with Crippen molar-refractivity contribution in [3.63, 3.8) is 0 Å². The van der Waals surface area contributed by atoms with E-state index in [-0.39, 0.29) is 29.9 Å². The fraction of sp³-hybridized carbons (Fsp3) is 0.333. The van der Waals surface area contributed by atoms with Gasteiger partial charge in [-0.3, -0.25) is 9.38 Å². The van der Waals surface area contributed by atoms with Crippen LogP contribution in [0, 0.1) is 11.7 Å². The molecule has 0 spiro atoms. The Balaban J connectivity index is 1.58. The van der Waals surface area contributed by atoms with Crippen LogP contribution in [0.25, 0.3) is 16.9 Å². The Morgan fingerprint density at radius 3 is 2.65 bits per heavy atom. The first-order valence-corrected chi connectivity index (χ1v) is 7.50. The number of ether oxygens (including phenoxy) is 1. The van der Waals surface area contributed by atoms with E-state index in [1.807, 2.05) is 0 Å². The molecule has 1 atom stereocenters. The molecule has 3 aromatic heterocycles. The molecule has 26 heavy (non-hydrogen) atoms. The van der Waals surface area contributed by atoms with Gasteiger partial charge in [-0.1, -0.05) is 0 Å². The summed E-state index contributed by atoms with van der Waals surface area (Å²) in [5.41, 5.74) is 0.469. The largest absolute Gasteiger partial charge is 0.475 e. The van der Waals surface area contributed by atoms with Gasteiger partial charge in [0.15, 0.2) is 11.5 Å². The molecule has 4 rings (SSSR count). The van der Waals surface area contributed by atoms with Gasteiger partial charge in [0, 0.05) is 24.4 Å². The molecule has 0 bridgehead atoms. The fourth-order valence-corrected chi connectivity index (χ4v) is 2.42. The first-order valence-electron chi connectivity index (χ1n) is 7.50. The smallest absolute Gasteiger partial charge is 0.297 e. The van der Waals surface area contributed by atoms with E-state index >= 15 is 0 Å². The van der Waals surface area contributed by atoms with E-state index in [9.17, 15) is 22.0 Å². The van der Waals surface area contributed by atoms with Gasteiger partial charge in [0.05, 0.1) is 24.4 Å². The van der Waals surface area contributed by atoms with Gasteiger partial charge >= 0.3 is 0 Å². The second-order valence-electron chi connectivity index (χ2n) is 5.84. The number of fused-ring (bicyclic) bond motifs is 1. The highest BCUT2D eigenvalue weighted by atomic mass is 19.3. The molecular weight excluding hydrogens is 361 g/mol. The predicted molar refractivity (Wildman–Crippen MR) is 77.5 cm³/mol. The summed E-state index contributed by atoms with van der Waals surface area (Å²) in [5.74, 6) is -5.55. The molecule has 1 aliphatic carbocycles. The lowest BCUT2D eigenvalue weighted by atomic mass is 10.2. The maximum Gasteiger partial charge on any atom is 0.297 e.